The molecule has 0 aliphatic heterocycles. The first-order valence-electron chi connectivity index (χ1n) is 9.86. The predicted molar refractivity (Wildman–Crippen MR) is 123 cm³/mol. The maximum Gasteiger partial charge on any atom is 0.344 e. The monoisotopic (exact) mass is 431 g/mol. The minimum Gasteiger partial charge on any atom is -0.479 e. The molecular weight excluding hydrogens is 410 g/mol. The molecule has 1 N–H and O–H groups in total. The summed E-state index contributed by atoms with van der Waals surface area (Å²) in [5, 5.41) is 10.1. The first kappa shape index (κ1) is 20.6. The van der Waals surface area contributed by atoms with Crippen molar-refractivity contribution in [3.05, 3.63) is 95.1 Å². The Balaban J connectivity index is 1.47. The number of carbonyl (C=O) groups is 2. The Morgan fingerprint density at radius 1 is 1.10 bits per heavy atom. The SMILES string of the molecule is C[C@H](Oc1cccc(C=CCn2cccc2C(=O)c2cc3ccccc3s2)c1)C(=O)O. The smallest absolute Gasteiger partial charge is 0.344 e. The topological polar surface area (TPSA) is 68.5 Å². The van der Waals surface area contributed by atoms with E-state index in [1.807, 2.05) is 77.5 Å². The molecule has 1 atom stereocenters. The van der Waals surface area contributed by atoms with E-state index in [9.17, 15) is 9.59 Å². The molecule has 0 radical (unpaired) electrons. The molecule has 0 amide bonds. The lowest BCUT2D eigenvalue weighted by molar-refractivity contribution is -0.144. The Labute approximate surface area is 183 Å². The Kier molecular flexibility index (Phi) is 6.00. The van der Waals surface area contributed by atoms with Crippen LogP contribution in [0.2, 0.25) is 0 Å². The molecule has 4 rings (SSSR count). The molecule has 31 heavy (non-hydrogen) atoms. The number of hydrogen-bond donors (Lipinski definition) is 1. The summed E-state index contributed by atoms with van der Waals surface area (Å²) in [6, 6.07) is 20.9. The minimum atomic E-state index is -1.01. The van der Waals surface area contributed by atoms with Gasteiger partial charge in [0.15, 0.2) is 6.10 Å². The third-order valence-electron chi connectivity index (χ3n) is 4.84. The summed E-state index contributed by atoms with van der Waals surface area (Å²) in [5.41, 5.74) is 1.53. The molecule has 0 saturated carbocycles. The van der Waals surface area contributed by atoms with Gasteiger partial charge in [-0.25, -0.2) is 4.79 Å². The van der Waals surface area contributed by atoms with Gasteiger partial charge < -0.3 is 14.4 Å². The van der Waals surface area contributed by atoms with Crippen molar-refractivity contribution in [3.8, 4) is 5.75 Å². The Hall–Kier alpha value is -3.64. The Morgan fingerprint density at radius 2 is 1.94 bits per heavy atom. The number of hydrogen-bond acceptors (Lipinski definition) is 4. The molecule has 2 heterocycles. The number of fused-ring (bicyclic) bond motifs is 1. The van der Waals surface area contributed by atoms with Crippen molar-refractivity contribution in [2.75, 3.05) is 0 Å². The van der Waals surface area contributed by atoms with E-state index in [1.54, 1.807) is 12.1 Å². The zero-order valence-electron chi connectivity index (χ0n) is 16.9. The van der Waals surface area contributed by atoms with E-state index in [2.05, 4.69) is 0 Å². The summed E-state index contributed by atoms with van der Waals surface area (Å²) in [6.45, 7) is 2.03. The van der Waals surface area contributed by atoms with Crippen LogP contribution in [-0.2, 0) is 11.3 Å². The standard InChI is InChI=1S/C25H21NO4S/c1-17(25(28)29)30-20-10-4-7-18(15-20)8-5-13-26-14-6-11-21(26)24(27)23-16-19-9-2-3-12-22(19)31-23/h2-12,14-17H,13H2,1H3,(H,28,29)/t17-/m0/s1. The molecule has 0 bridgehead atoms. The van der Waals surface area contributed by atoms with Crippen LogP contribution in [0, 0.1) is 0 Å². The molecule has 156 valence electrons. The lowest BCUT2D eigenvalue weighted by Crippen LogP contribution is -2.22. The number of carboxylic acid groups (broad SMARTS) is 1. The molecule has 6 heteroatoms. The van der Waals surface area contributed by atoms with E-state index in [0.29, 0.717) is 18.0 Å². The highest BCUT2D eigenvalue weighted by molar-refractivity contribution is 7.21. The van der Waals surface area contributed by atoms with Gasteiger partial charge in [-0.2, -0.15) is 0 Å². The van der Waals surface area contributed by atoms with E-state index in [4.69, 9.17) is 9.84 Å². The molecule has 5 nitrogen and oxygen atoms in total. The first-order valence-corrected chi connectivity index (χ1v) is 10.7. The average Bonchev–Trinajstić information content (AvgIpc) is 3.40. The molecule has 0 spiro atoms. The van der Waals surface area contributed by atoms with Crippen molar-refractivity contribution >= 4 is 39.3 Å². The number of carboxylic acids is 1. The lowest BCUT2D eigenvalue weighted by Gasteiger charge is -2.10. The molecule has 0 aliphatic carbocycles. The maximum absolute atomic E-state index is 13.0. The van der Waals surface area contributed by atoms with Gasteiger partial charge >= 0.3 is 5.97 Å². The van der Waals surface area contributed by atoms with Crippen LogP contribution in [0.5, 0.6) is 5.75 Å². The van der Waals surface area contributed by atoms with Gasteiger partial charge in [-0.3, -0.25) is 4.79 Å². The van der Waals surface area contributed by atoms with Gasteiger partial charge in [0.1, 0.15) is 5.75 Å². The van der Waals surface area contributed by atoms with E-state index in [1.165, 1.54) is 18.3 Å². The zero-order chi connectivity index (χ0) is 21.8. The first-order chi connectivity index (χ1) is 15.0. The number of nitrogens with zero attached hydrogens (tertiary/aromatic N) is 1. The second kappa shape index (κ2) is 9.02. The fourth-order valence-electron chi connectivity index (χ4n) is 3.25. The van der Waals surface area contributed by atoms with Crippen LogP contribution in [0.3, 0.4) is 0 Å². The lowest BCUT2D eigenvalue weighted by atomic mass is 10.2. The second-order valence-corrected chi connectivity index (χ2v) is 8.18. The number of thiophene rings is 1. The number of aliphatic carboxylic acids is 1. The van der Waals surface area contributed by atoms with Crippen LogP contribution in [0.15, 0.2) is 79.0 Å². The molecule has 2 aromatic carbocycles. The highest BCUT2D eigenvalue weighted by Gasteiger charge is 2.16. The van der Waals surface area contributed by atoms with Gasteiger partial charge in [-0.1, -0.05) is 42.5 Å². The van der Waals surface area contributed by atoms with Gasteiger partial charge in [0.05, 0.1) is 10.6 Å². The van der Waals surface area contributed by atoms with Gasteiger partial charge in [-0.15, -0.1) is 11.3 Å². The number of rotatable bonds is 8. The van der Waals surface area contributed by atoms with Crippen LogP contribution in [0.25, 0.3) is 16.2 Å². The number of allylic oxidation sites excluding steroid dienone is 1. The molecule has 2 aromatic heterocycles. The summed E-state index contributed by atoms with van der Waals surface area (Å²) in [5.74, 6) is -0.499. The molecule has 0 unspecified atom stereocenters. The van der Waals surface area contributed by atoms with E-state index in [0.717, 1.165) is 20.5 Å². The van der Waals surface area contributed by atoms with E-state index in [-0.39, 0.29) is 5.78 Å². The van der Waals surface area contributed by atoms with Gasteiger partial charge in [0.25, 0.3) is 0 Å². The zero-order valence-corrected chi connectivity index (χ0v) is 17.7. The highest BCUT2D eigenvalue weighted by atomic mass is 32.1. The van der Waals surface area contributed by atoms with Crippen molar-refractivity contribution in [1.82, 2.24) is 4.57 Å². The third kappa shape index (κ3) is 4.75. The van der Waals surface area contributed by atoms with Gasteiger partial charge in [0, 0.05) is 17.4 Å². The van der Waals surface area contributed by atoms with Gasteiger partial charge in [-0.05, 0) is 54.3 Å². The van der Waals surface area contributed by atoms with Crippen molar-refractivity contribution in [2.45, 2.75) is 19.6 Å². The van der Waals surface area contributed by atoms with E-state index >= 15 is 0 Å². The molecule has 0 fully saturated rings. The fraction of sp³-hybridized carbons (Fsp3) is 0.120. The van der Waals surface area contributed by atoms with Gasteiger partial charge in [0.2, 0.25) is 5.78 Å². The van der Waals surface area contributed by atoms with E-state index < -0.39 is 12.1 Å². The summed E-state index contributed by atoms with van der Waals surface area (Å²) in [7, 11) is 0. The molecule has 4 aromatic rings. The largest absolute Gasteiger partial charge is 0.479 e. The van der Waals surface area contributed by atoms with Crippen LogP contribution in [0.4, 0.5) is 0 Å². The number of benzene rings is 2. The Morgan fingerprint density at radius 3 is 2.74 bits per heavy atom. The van der Waals surface area contributed by atoms with Crippen molar-refractivity contribution in [2.24, 2.45) is 0 Å². The summed E-state index contributed by atoms with van der Waals surface area (Å²) >= 11 is 1.50. The van der Waals surface area contributed by atoms with Crippen molar-refractivity contribution < 1.29 is 19.4 Å². The summed E-state index contributed by atoms with van der Waals surface area (Å²) < 4.78 is 8.42. The van der Waals surface area contributed by atoms with Crippen LogP contribution >= 0.6 is 11.3 Å². The highest BCUT2D eigenvalue weighted by Crippen LogP contribution is 2.27. The number of carbonyl (C=O) groups excluding carboxylic acids is 1. The number of aromatic nitrogens is 1. The van der Waals surface area contributed by atoms with Crippen molar-refractivity contribution in [1.29, 1.82) is 0 Å². The fourth-order valence-corrected chi connectivity index (χ4v) is 4.26. The summed E-state index contributed by atoms with van der Waals surface area (Å²) in [4.78, 5) is 24.7. The molecule has 0 aliphatic rings. The quantitative estimate of drug-likeness (QED) is 0.374. The predicted octanol–water partition coefficient (Wildman–Crippen LogP) is 5.50. The minimum absolute atomic E-state index is 0.0117. The maximum atomic E-state index is 13.0. The Bertz CT molecular complexity index is 1230. The second-order valence-electron chi connectivity index (χ2n) is 7.10. The van der Waals surface area contributed by atoms with Crippen molar-refractivity contribution in [3.63, 3.8) is 0 Å². The van der Waals surface area contributed by atoms with Crippen LogP contribution in [-0.4, -0.2) is 27.5 Å². The number of ether oxygens (including phenoxy) is 1. The number of ketones is 1. The summed E-state index contributed by atoms with van der Waals surface area (Å²) in [6.07, 6.45) is 4.86. The van der Waals surface area contributed by atoms with Crippen LogP contribution in [0.1, 0.15) is 27.9 Å². The average molecular weight is 432 g/mol. The molecule has 0 saturated heterocycles. The normalized spacial score (nSPS) is 12.3. The van der Waals surface area contributed by atoms with Crippen LogP contribution < -0.4 is 4.74 Å². The molecular formula is C25H21NO4S. The third-order valence-corrected chi connectivity index (χ3v) is 5.96.